The van der Waals surface area contributed by atoms with Crippen LogP contribution >= 0.6 is 11.3 Å². The second-order valence-corrected chi connectivity index (χ2v) is 14.2. The molecule has 2 heterocycles. The van der Waals surface area contributed by atoms with Crippen LogP contribution in [0.4, 0.5) is 0 Å². The minimum Gasteiger partial charge on any atom is -0.208 e. The monoisotopic (exact) mass is 693 g/mol. The van der Waals surface area contributed by atoms with Gasteiger partial charge in [-0.3, -0.25) is 0 Å². The summed E-state index contributed by atoms with van der Waals surface area (Å²) in [5.41, 5.74) is 10.0. The maximum atomic E-state index is 5.15. The third-order valence-electron chi connectivity index (χ3n) is 9.98. The van der Waals surface area contributed by atoms with Crippen molar-refractivity contribution in [3.8, 4) is 67.5 Å². The van der Waals surface area contributed by atoms with Gasteiger partial charge in [-0.05, 0) is 56.3 Å². The van der Waals surface area contributed by atoms with Crippen LogP contribution < -0.4 is 0 Å². The van der Waals surface area contributed by atoms with Crippen molar-refractivity contribution >= 4 is 42.3 Å². The topological polar surface area (TPSA) is 38.7 Å². The van der Waals surface area contributed by atoms with Crippen molar-refractivity contribution in [2.24, 2.45) is 0 Å². The van der Waals surface area contributed by atoms with E-state index in [1.807, 2.05) is 18.2 Å². The summed E-state index contributed by atoms with van der Waals surface area (Å²) in [5.74, 6) is 1.97. The predicted octanol–water partition coefficient (Wildman–Crippen LogP) is 13.4. The van der Waals surface area contributed by atoms with E-state index < -0.39 is 0 Å². The fourth-order valence-corrected chi connectivity index (χ4v) is 8.56. The van der Waals surface area contributed by atoms with Gasteiger partial charge in [0, 0.05) is 36.9 Å². The van der Waals surface area contributed by atoms with Crippen LogP contribution in [0.3, 0.4) is 0 Å². The van der Waals surface area contributed by atoms with Gasteiger partial charge in [0.2, 0.25) is 0 Å². The maximum Gasteiger partial charge on any atom is 0.165 e. The number of fused-ring (bicyclic) bond motifs is 4. The molecule has 0 amide bonds. The van der Waals surface area contributed by atoms with Crippen molar-refractivity contribution in [3.63, 3.8) is 0 Å². The lowest BCUT2D eigenvalue weighted by Gasteiger charge is -2.15. The van der Waals surface area contributed by atoms with Gasteiger partial charge in [0.15, 0.2) is 17.5 Å². The summed E-state index contributed by atoms with van der Waals surface area (Å²) < 4.78 is 2.43. The molecule has 0 atom stereocenters. The van der Waals surface area contributed by atoms with Crippen LogP contribution in [0.5, 0.6) is 0 Å². The van der Waals surface area contributed by atoms with Gasteiger partial charge in [-0.15, -0.1) is 11.3 Å². The van der Waals surface area contributed by atoms with Crippen molar-refractivity contribution in [2.45, 2.75) is 0 Å². The number of benzene rings is 8. The Kier molecular flexibility index (Phi) is 7.67. The molecule has 0 bridgehead atoms. The van der Waals surface area contributed by atoms with E-state index in [0.717, 1.165) is 22.3 Å². The number of hydrogen-bond donors (Lipinski definition) is 0. The average molecular weight is 694 g/mol. The zero-order chi connectivity index (χ0) is 35.1. The molecule has 8 aromatic carbocycles. The molecule has 10 aromatic rings. The lowest BCUT2D eigenvalue weighted by molar-refractivity contribution is 1.08. The Morgan fingerprint density at radius 1 is 0.302 bits per heavy atom. The molecular weight excluding hydrogens is 663 g/mol. The van der Waals surface area contributed by atoms with Gasteiger partial charge in [-0.2, -0.15) is 0 Å². The van der Waals surface area contributed by atoms with Gasteiger partial charge in [0.25, 0.3) is 0 Å². The standard InChI is InChI=1S/C49H31N3S/c1-3-12-32(13-4-1)33-22-24-35(25-23-33)40-31-30-34-14-7-8-17-39(34)45(40)36-26-28-38(29-27-36)48-50-47(37-15-5-2-6-16-37)51-49(52-48)43-20-11-19-42-41-18-9-10-21-44(41)53-46(42)43/h1-31H. The highest BCUT2D eigenvalue weighted by Crippen LogP contribution is 2.41. The molecule has 0 aliphatic heterocycles. The molecule has 0 saturated heterocycles. The van der Waals surface area contributed by atoms with E-state index in [1.165, 1.54) is 58.8 Å². The fraction of sp³-hybridized carbons (Fsp3) is 0. The molecule has 0 fully saturated rings. The molecule has 0 saturated carbocycles. The van der Waals surface area contributed by atoms with Crippen LogP contribution in [0.25, 0.3) is 98.5 Å². The number of nitrogens with zero attached hydrogens (tertiary/aromatic N) is 3. The second kappa shape index (κ2) is 13.1. The average Bonchev–Trinajstić information content (AvgIpc) is 3.63. The molecule has 2 aromatic heterocycles. The molecule has 0 aliphatic rings. The summed E-state index contributed by atoms with van der Waals surface area (Å²) in [6, 6.07) is 66.4. The van der Waals surface area contributed by atoms with Crippen molar-refractivity contribution in [2.75, 3.05) is 0 Å². The largest absolute Gasteiger partial charge is 0.208 e. The lowest BCUT2D eigenvalue weighted by atomic mass is 9.89. The summed E-state index contributed by atoms with van der Waals surface area (Å²) in [5, 5.41) is 4.90. The second-order valence-electron chi connectivity index (χ2n) is 13.2. The number of rotatable bonds is 6. The third-order valence-corrected chi connectivity index (χ3v) is 11.2. The minimum atomic E-state index is 0.646. The molecule has 3 nitrogen and oxygen atoms in total. The summed E-state index contributed by atoms with van der Waals surface area (Å²) >= 11 is 1.79. The van der Waals surface area contributed by atoms with E-state index >= 15 is 0 Å². The zero-order valence-corrected chi connectivity index (χ0v) is 29.5. The molecule has 53 heavy (non-hydrogen) atoms. The van der Waals surface area contributed by atoms with Crippen LogP contribution in [-0.4, -0.2) is 15.0 Å². The molecule has 0 N–H and O–H groups in total. The molecule has 0 aliphatic carbocycles. The van der Waals surface area contributed by atoms with Crippen molar-refractivity contribution in [1.29, 1.82) is 0 Å². The molecule has 0 spiro atoms. The Hall–Kier alpha value is -6.75. The number of hydrogen-bond acceptors (Lipinski definition) is 4. The summed E-state index contributed by atoms with van der Waals surface area (Å²) in [4.78, 5) is 15.3. The maximum absolute atomic E-state index is 5.15. The summed E-state index contributed by atoms with van der Waals surface area (Å²) in [6.07, 6.45) is 0. The van der Waals surface area contributed by atoms with E-state index in [9.17, 15) is 0 Å². The summed E-state index contributed by atoms with van der Waals surface area (Å²) in [7, 11) is 0. The molecule has 0 unspecified atom stereocenters. The van der Waals surface area contributed by atoms with Crippen LogP contribution in [0.15, 0.2) is 188 Å². The Morgan fingerprint density at radius 3 is 1.58 bits per heavy atom. The molecule has 10 rings (SSSR count). The van der Waals surface area contributed by atoms with Gasteiger partial charge in [-0.1, -0.05) is 176 Å². The van der Waals surface area contributed by atoms with Crippen LogP contribution in [0.1, 0.15) is 0 Å². The van der Waals surface area contributed by atoms with E-state index in [-0.39, 0.29) is 0 Å². The summed E-state index contributed by atoms with van der Waals surface area (Å²) in [6.45, 7) is 0. The Labute approximate surface area is 311 Å². The van der Waals surface area contributed by atoms with Gasteiger partial charge >= 0.3 is 0 Å². The lowest BCUT2D eigenvalue weighted by Crippen LogP contribution is -2.00. The smallest absolute Gasteiger partial charge is 0.165 e. The SMILES string of the molecule is c1ccc(-c2ccc(-c3ccc4ccccc4c3-c3ccc(-c4nc(-c5ccccc5)nc(-c5cccc6c5sc5ccccc56)n4)cc3)cc2)cc1. The highest BCUT2D eigenvalue weighted by atomic mass is 32.1. The predicted molar refractivity (Wildman–Crippen MR) is 223 cm³/mol. The van der Waals surface area contributed by atoms with E-state index in [0.29, 0.717) is 17.5 Å². The first-order chi connectivity index (χ1) is 26.3. The highest BCUT2D eigenvalue weighted by Gasteiger charge is 2.18. The molecule has 4 heteroatoms. The van der Waals surface area contributed by atoms with Crippen molar-refractivity contribution in [1.82, 2.24) is 15.0 Å². The first-order valence-corrected chi connectivity index (χ1v) is 18.6. The van der Waals surface area contributed by atoms with Crippen molar-refractivity contribution < 1.29 is 0 Å². The third kappa shape index (κ3) is 5.66. The van der Waals surface area contributed by atoms with Gasteiger partial charge in [0.05, 0.1) is 0 Å². The normalized spacial score (nSPS) is 11.4. The Morgan fingerprint density at radius 2 is 0.830 bits per heavy atom. The number of aromatic nitrogens is 3. The molecule has 0 radical (unpaired) electrons. The zero-order valence-electron chi connectivity index (χ0n) is 28.6. The molecule has 248 valence electrons. The first-order valence-electron chi connectivity index (χ1n) is 17.8. The Balaban J connectivity index is 1.10. The van der Waals surface area contributed by atoms with Crippen LogP contribution in [0, 0.1) is 0 Å². The minimum absolute atomic E-state index is 0.646. The quantitative estimate of drug-likeness (QED) is 0.174. The highest BCUT2D eigenvalue weighted by molar-refractivity contribution is 7.26. The van der Waals surface area contributed by atoms with E-state index in [1.54, 1.807) is 11.3 Å². The van der Waals surface area contributed by atoms with Gasteiger partial charge in [-0.25, -0.2) is 15.0 Å². The van der Waals surface area contributed by atoms with Crippen LogP contribution in [-0.2, 0) is 0 Å². The fourth-order valence-electron chi connectivity index (χ4n) is 7.35. The van der Waals surface area contributed by atoms with Crippen molar-refractivity contribution in [3.05, 3.63) is 188 Å². The van der Waals surface area contributed by atoms with Crippen LogP contribution in [0.2, 0.25) is 0 Å². The number of thiophene rings is 1. The van der Waals surface area contributed by atoms with Gasteiger partial charge in [0.1, 0.15) is 0 Å². The van der Waals surface area contributed by atoms with E-state index in [4.69, 9.17) is 15.0 Å². The van der Waals surface area contributed by atoms with Gasteiger partial charge < -0.3 is 0 Å². The Bertz CT molecular complexity index is 2910. The van der Waals surface area contributed by atoms with E-state index in [2.05, 4.69) is 170 Å². The molecular formula is C49H31N3S. The first kappa shape index (κ1) is 31.0.